The van der Waals surface area contributed by atoms with Crippen LogP contribution in [-0.2, 0) is 0 Å². The molecule has 2 rings (SSSR count). The van der Waals surface area contributed by atoms with Gasteiger partial charge in [0.05, 0.1) is 5.69 Å². The van der Waals surface area contributed by atoms with Crippen molar-refractivity contribution >= 4 is 5.69 Å². The standard InChI is InChI=1S/C13H14N2O/c1-11-6-5-9-13(16,10-11)15-14-12-7-3-2-4-8-12/h2-8,10,16H,9H2,1H3. The quantitative estimate of drug-likeness (QED) is 0.754. The molecule has 0 aromatic heterocycles. The van der Waals surface area contributed by atoms with Crippen LogP contribution in [0, 0.1) is 0 Å². The summed E-state index contributed by atoms with van der Waals surface area (Å²) in [5, 5.41) is 18.1. The molecule has 0 aliphatic heterocycles. The zero-order valence-corrected chi connectivity index (χ0v) is 9.17. The Morgan fingerprint density at radius 3 is 2.69 bits per heavy atom. The van der Waals surface area contributed by atoms with Gasteiger partial charge in [0.1, 0.15) is 0 Å². The Morgan fingerprint density at radius 1 is 1.25 bits per heavy atom. The second-order valence-electron chi connectivity index (χ2n) is 3.91. The van der Waals surface area contributed by atoms with Gasteiger partial charge in [0.2, 0.25) is 0 Å². The van der Waals surface area contributed by atoms with Gasteiger partial charge in [-0.05, 0) is 25.1 Å². The lowest BCUT2D eigenvalue weighted by Gasteiger charge is -2.20. The van der Waals surface area contributed by atoms with Gasteiger partial charge < -0.3 is 5.11 Å². The van der Waals surface area contributed by atoms with Crippen LogP contribution in [0.2, 0.25) is 0 Å². The Hall–Kier alpha value is -1.74. The van der Waals surface area contributed by atoms with Crippen molar-refractivity contribution in [2.75, 3.05) is 0 Å². The average molecular weight is 214 g/mol. The van der Waals surface area contributed by atoms with Crippen LogP contribution in [0.15, 0.2) is 64.4 Å². The lowest BCUT2D eigenvalue weighted by Crippen LogP contribution is -2.23. The first-order chi connectivity index (χ1) is 7.68. The van der Waals surface area contributed by atoms with Gasteiger partial charge >= 0.3 is 0 Å². The molecule has 1 aliphatic rings. The summed E-state index contributed by atoms with van der Waals surface area (Å²) in [6.45, 7) is 1.93. The highest BCUT2D eigenvalue weighted by Gasteiger charge is 2.23. The van der Waals surface area contributed by atoms with Gasteiger partial charge in [-0.15, -0.1) is 5.11 Å². The minimum absolute atomic E-state index is 0.473. The number of hydrogen-bond donors (Lipinski definition) is 1. The lowest BCUT2D eigenvalue weighted by atomic mass is 10.0. The van der Waals surface area contributed by atoms with E-state index in [2.05, 4.69) is 10.2 Å². The van der Waals surface area contributed by atoms with E-state index in [4.69, 9.17) is 0 Å². The zero-order chi connectivity index (χ0) is 11.4. The highest BCUT2D eigenvalue weighted by molar-refractivity contribution is 5.35. The van der Waals surface area contributed by atoms with Crippen LogP contribution in [0.25, 0.3) is 0 Å². The molecule has 0 fully saturated rings. The molecule has 0 saturated heterocycles. The molecule has 0 radical (unpaired) electrons. The van der Waals surface area contributed by atoms with E-state index in [0.29, 0.717) is 6.42 Å². The fraction of sp³-hybridized carbons (Fsp3) is 0.231. The number of hydrogen-bond acceptors (Lipinski definition) is 3. The maximum atomic E-state index is 10.1. The first-order valence-electron chi connectivity index (χ1n) is 5.24. The van der Waals surface area contributed by atoms with E-state index < -0.39 is 5.72 Å². The minimum atomic E-state index is -1.19. The Kier molecular flexibility index (Phi) is 2.97. The van der Waals surface area contributed by atoms with Crippen LogP contribution < -0.4 is 0 Å². The Balaban J connectivity index is 2.16. The smallest absolute Gasteiger partial charge is 0.199 e. The van der Waals surface area contributed by atoms with Crippen LogP contribution in [0.5, 0.6) is 0 Å². The Bertz CT molecular complexity index is 448. The van der Waals surface area contributed by atoms with Crippen molar-refractivity contribution < 1.29 is 5.11 Å². The third kappa shape index (κ3) is 2.64. The summed E-state index contributed by atoms with van der Waals surface area (Å²) in [6.07, 6.45) is 6.06. The van der Waals surface area contributed by atoms with Crippen LogP contribution in [0.4, 0.5) is 5.69 Å². The van der Waals surface area contributed by atoms with Crippen molar-refractivity contribution in [2.24, 2.45) is 10.2 Å². The van der Waals surface area contributed by atoms with Gasteiger partial charge in [-0.3, -0.25) is 0 Å². The Morgan fingerprint density at radius 2 is 2.00 bits per heavy atom. The normalized spacial score (nSPS) is 24.8. The molecule has 1 aliphatic carbocycles. The molecule has 1 N–H and O–H groups in total. The summed E-state index contributed by atoms with van der Waals surface area (Å²) < 4.78 is 0. The molecule has 1 aromatic rings. The molecular weight excluding hydrogens is 200 g/mol. The number of azo groups is 1. The molecule has 82 valence electrons. The minimum Gasteiger partial charge on any atom is -0.364 e. The van der Waals surface area contributed by atoms with Crippen molar-refractivity contribution in [3.8, 4) is 0 Å². The van der Waals surface area contributed by atoms with E-state index in [9.17, 15) is 5.11 Å². The SMILES string of the molecule is CC1=CC(O)(N=Nc2ccccc2)CC=C1. The topological polar surface area (TPSA) is 45.0 Å². The first kappa shape index (κ1) is 10.8. The fourth-order valence-corrected chi connectivity index (χ4v) is 1.60. The molecule has 1 atom stereocenters. The van der Waals surface area contributed by atoms with Gasteiger partial charge in [-0.1, -0.05) is 35.9 Å². The molecule has 0 heterocycles. The van der Waals surface area contributed by atoms with Gasteiger partial charge in [0.15, 0.2) is 5.72 Å². The largest absolute Gasteiger partial charge is 0.364 e. The van der Waals surface area contributed by atoms with E-state index in [1.54, 1.807) is 6.08 Å². The summed E-state index contributed by atoms with van der Waals surface area (Å²) in [6, 6.07) is 9.39. The summed E-state index contributed by atoms with van der Waals surface area (Å²) in [5.41, 5.74) is 0.562. The van der Waals surface area contributed by atoms with Crippen molar-refractivity contribution in [3.63, 3.8) is 0 Å². The molecule has 0 bridgehead atoms. The van der Waals surface area contributed by atoms with E-state index in [-0.39, 0.29) is 0 Å². The third-order valence-corrected chi connectivity index (χ3v) is 2.35. The van der Waals surface area contributed by atoms with Crippen LogP contribution >= 0.6 is 0 Å². The van der Waals surface area contributed by atoms with Crippen molar-refractivity contribution in [1.82, 2.24) is 0 Å². The molecule has 3 nitrogen and oxygen atoms in total. The van der Waals surface area contributed by atoms with Gasteiger partial charge in [0.25, 0.3) is 0 Å². The predicted octanol–water partition coefficient (Wildman–Crippen LogP) is 3.37. The molecule has 1 aromatic carbocycles. The molecular formula is C13H14N2O. The van der Waals surface area contributed by atoms with Crippen molar-refractivity contribution in [1.29, 1.82) is 0 Å². The number of nitrogens with zero attached hydrogens (tertiary/aromatic N) is 2. The van der Waals surface area contributed by atoms with Gasteiger partial charge in [-0.25, -0.2) is 0 Å². The molecule has 0 amide bonds. The maximum absolute atomic E-state index is 10.1. The highest BCUT2D eigenvalue weighted by atomic mass is 16.3. The molecule has 3 heteroatoms. The summed E-state index contributed by atoms with van der Waals surface area (Å²) in [4.78, 5) is 0. The zero-order valence-electron chi connectivity index (χ0n) is 9.17. The summed E-state index contributed by atoms with van der Waals surface area (Å²) in [5.74, 6) is 0. The fourth-order valence-electron chi connectivity index (χ4n) is 1.60. The van der Waals surface area contributed by atoms with E-state index in [1.165, 1.54) is 0 Å². The molecule has 0 saturated carbocycles. The van der Waals surface area contributed by atoms with Crippen LogP contribution in [-0.4, -0.2) is 10.8 Å². The lowest BCUT2D eigenvalue weighted by molar-refractivity contribution is 0.0947. The third-order valence-electron chi connectivity index (χ3n) is 2.35. The van der Waals surface area contributed by atoms with Gasteiger partial charge in [-0.2, -0.15) is 5.11 Å². The Labute approximate surface area is 94.8 Å². The monoisotopic (exact) mass is 214 g/mol. The maximum Gasteiger partial charge on any atom is 0.199 e. The highest BCUT2D eigenvalue weighted by Crippen LogP contribution is 2.24. The number of benzene rings is 1. The molecule has 16 heavy (non-hydrogen) atoms. The summed E-state index contributed by atoms with van der Waals surface area (Å²) in [7, 11) is 0. The molecule has 0 spiro atoms. The van der Waals surface area contributed by atoms with Crippen LogP contribution in [0.1, 0.15) is 13.3 Å². The average Bonchev–Trinajstić information content (AvgIpc) is 2.28. The second kappa shape index (κ2) is 4.41. The van der Waals surface area contributed by atoms with E-state index in [0.717, 1.165) is 11.3 Å². The van der Waals surface area contributed by atoms with Crippen molar-refractivity contribution in [3.05, 3.63) is 54.1 Å². The van der Waals surface area contributed by atoms with Gasteiger partial charge in [0, 0.05) is 6.42 Å². The van der Waals surface area contributed by atoms with Crippen molar-refractivity contribution in [2.45, 2.75) is 19.1 Å². The van der Waals surface area contributed by atoms with Crippen LogP contribution in [0.3, 0.4) is 0 Å². The second-order valence-corrected chi connectivity index (χ2v) is 3.91. The first-order valence-corrected chi connectivity index (χ1v) is 5.24. The summed E-state index contributed by atoms with van der Waals surface area (Å²) >= 11 is 0. The number of aliphatic hydroxyl groups is 1. The van der Waals surface area contributed by atoms with E-state index >= 15 is 0 Å². The number of rotatable bonds is 2. The van der Waals surface area contributed by atoms with E-state index in [1.807, 2.05) is 49.4 Å². The number of allylic oxidation sites excluding steroid dienone is 2. The molecule has 1 unspecified atom stereocenters. The predicted molar refractivity (Wildman–Crippen MR) is 63.4 cm³/mol.